The van der Waals surface area contributed by atoms with E-state index >= 15 is 0 Å². The number of nitrogens with one attached hydrogen (secondary N) is 1. The van der Waals surface area contributed by atoms with Crippen molar-refractivity contribution in [3.05, 3.63) is 83.8 Å². The van der Waals surface area contributed by atoms with E-state index in [0.29, 0.717) is 17.0 Å². The number of aliphatic carboxylic acids is 3. The number of carbonyl (C=O) groups is 4. The van der Waals surface area contributed by atoms with Gasteiger partial charge in [-0.1, -0.05) is 39.0 Å². The van der Waals surface area contributed by atoms with E-state index in [9.17, 15) is 44.3 Å². The molecule has 13 nitrogen and oxygen atoms in total. The maximum absolute atomic E-state index is 12.7. The number of hydrogen-bond donors (Lipinski definition) is 4. The minimum absolute atomic E-state index is 0.0465. The molecule has 5 rings (SSSR count). The van der Waals surface area contributed by atoms with Gasteiger partial charge in [0, 0.05) is 18.3 Å². The fourth-order valence-corrected chi connectivity index (χ4v) is 4.32. The first-order valence-electron chi connectivity index (χ1n) is 15.1. The molecule has 0 bridgehead atoms. The Bertz CT molecular complexity index is 1830. The van der Waals surface area contributed by atoms with Gasteiger partial charge in [0.15, 0.2) is 11.5 Å². The van der Waals surface area contributed by atoms with E-state index in [1.165, 1.54) is 5.56 Å². The third-order valence-electron chi connectivity index (χ3n) is 6.86. The topological polar surface area (TPSA) is 187 Å². The Balaban J connectivity index is 0.000000393. The predicted octanol–water partition coefficient (Wildman–Crippen LogP) is 6.92. The molecule has 0 saturated carbocycles. The second-order valence-corrected chi connectivity index (χ2v) is 11.9. The molecule has 4 aromatic rings. The number of nitrogens with zero attached hydrogens (tertiary/aromatic N) is 5. The zero-order chi connectivity index (χ0) is 41.2. The van der Waals surface area contributed by atoms with Crippen molar-refractivity contribution in [2.45, 2.75) is 63.6 Å². The number of hydrogen-bond acceptors (Lipinski definition) is 8. The number of alkyl halides is 9. The van der Waals surface area contributed by atoms with Crippen LogP contribution < -0.4 is 10.2 Å². The predicted molar refractivity (Wildman–Crippen MR) is 171 cm³/mol. The molecule has 4 N–H and O–H groups in total. The molecule has 22 heteroatoms. The molecule has 1 aliphatic rings. The summed E-state index contributed by atoms with van der Waals surface area (Å²) in [5.41, 5.74) is 3.59. The molecule has 1 aromatic carbocycles. The first kappa shape index (κ1) is 44.2. The van der Waals surface area contributed by atoms with Gasteiger partial charge in [-0.05, 0) is 60.2 Å². The number of anilines is 2. The summed E-state index contributed by atoms with van der Waals surface area (Å²) in [6.45, 7) is 7.39. The van der Waals surface area contributed by atoms with Crippen LogP contribution >= 0.6 is 0 Å². The van der Waals surface area contributed by atoms with Gasteiger partial charge in [0.25, 0.3) is 5.91 Å². The smallest absolute Gasteiger partial charge is 0.475 e. The standard InChI is InChI=1S/C26H28N6O.3C2HF3O2/c1-26(2,3)19-11-9-18(10-12-19)25(33)29-22-17-32-23(28-22)13-14-24(30-32)31-16-6-8-21(31)20-7-4-5-15-27-20;3*3-2(4,5)1(6)7/h4-5,7,9-15,17,21H,6,8,16H2,1-3H3,(H,29,33);3*(H,6,7). The minimum atomic E-state index is -5.08. The summed E-state index contributed by atoms with van der Waals surface area (Å²) < 4.78 is 96.9. The number of carboxylic acid groups (broad SMARTS) is 3. The van der Waals surface area contributed by atoms with Crippen molar-refractivity contribution in [2.24, 2.45) is 0 Å². The summed E-state index contributed by atoms with van der Waals surface area (Å²) >= 11 is 0. The molecule has 1 unspecified atom stereocenters. The number of imidazole rings is 1. The largest absolute Gasteiger partial charge is 0.490 e. The first-order valence-corrected chi connectivity index (χ1v) is 15.1. The Morgan fingerprint density at radius 2 is 1.28 bits per heavy atom. The number of halogens is 9. The third kappa shape index (κ3) is 13.5. The Kier molecular flexibility index (Phi) is 14.5. The number of rotatable bonds is 4. The lowest BCUT2D eigenvalue weighted by Gasteiger charge is -2.25. The molecule has 0 spiro atoms. The number of aromatic nitrogens is 4. The Hall–Kier alpha value is -5.96. The third-order valence-corrected chi connectivity index (χ3v) is 6.86. The highest BCUT2D eigenvalue weighted by Gasteiger charge is 2.39. The molecule has 1 aliphatic heterocycles. The van der Waals surface area contributed by atoms with Crippen molar-refractivity contribution in [2.75, 3.05) is 16.8 Å². The van der Waals surface area contributed by atoms with Crippen LogP contribution in [0.1, 0.15) is 61.3 Å². The number of benzene rings is 1. The number of amides is 1. The zero-order valence-corrected chi connectivity index (χ0v) is 28.2. The van der Waals surface area contributed by atoms with E-state index in [1.807, 2.05) is 54.7 Å². The highest BCUT2D eigenvalue weighted by Crippen LogP contribution is 2.34. The van der Waals surface area contributed by atoms with Crippen LogP contribution in [-0.2, 0) is 19.8 Å². The molecule has 4 heterocycles. The van der Waals surface area contributed by atoms with Gasteiger partial charge in [0.2, 0.25) is 0 Å². The average Bonchev–Trinajstić information content (AvgIpc) is 3.71. The fraction of sp³-hybridized carbons (Fsp3) is 0.344. The quantitative estimate of drug-likeness (QED) is 0.158. The maximum Gasteiger partial charge on any atom is 0.490 e. The van der Waals surface area contributed by atoms with E-state index in [1.54, 1.807) is 10.7 Å². The van der Waals surface area contributed by atoms with Crippen molar-refractivity contribution in [3.8, 4) is 0 Å². The zero-order valence-electron chi connectivity index (χ0n) is 28.2. The highest BCUT2D eigenvalue weighted by molar-refractivity contribution is 6.03. The van der Waals surface area contributed by atoms with Crippen molar-refractivity contribution in [1.29, 1.82) is 0 Å². The van der Waals surface area contributed by atoms with Gasteiger partial charge in [-0.3, -0.25) is 9.78 Å². The van der Waals surface area contributed by atoms with Gasteiger partial charge in [0.05, 0.1) is 17.9 Å². The minimum Gasteiger partial charge on any atom is -0.475 e. The lowest BCUT2D eigenvalue weighted by atomic mass is 9.87. The summed E-state index contributed by atoms with van der Waals surface area (Å²) in [5.74, 6) is -7.10. The molecule has 1 saturated heterocycles. The van der Waals surface area contributed by atoms with E-state index < -0.39 is 36.4 Å². The first-order chi connectivity index (χ1) is 24.7. The van der Waals surface area contributed by atoms with Gasteiger partial charge < -0.3 is 25.5 Å². The van der Waals surface area contributed by atoms with Crippen LogP contribution in [0, 0.1) is 0 Å². The molecule has 1 atom stereocenters. The molecule has 0 radical (unpaired) electrons. The summed E-state index contributed by atoms with van der Waals surface area (Å²) in [7, 11) is 0. The Morgan fingerprint density at radius 1 is 0.759 bits per heavy atom. The van der Waals surface area contributed by atoms with Gasteiger partial charge >= 0.3 is 36.4 Å². The van der Waals surface area contributed by atoms with Crippen LogP contribution in [0.15, 0.2) is 67.0 Å². The monoisotopic (exact) mass is 782 g/mol. The summed E-state index contributed by atoms with van der Waals surface area (Å²) in [6.07, 6.45) is -9.51. The van der Waals surface area contributed by atoms with Crippen LogP contribution in [0.25, 0.3) is 5.65 Å². The van der Waals surface area contributed by atoms with E-state index in [4.69, 9.17) is 34.8 Å². The Morgan fingerprint density at radius 3 is 1.72 bits per heavy atom. The maximum atomic E-state index is 12.7. The summed E-state index contributed by atoms with van der Waals surface area (Å²) in [4.78, 5) is 50.8. The van der Waals surface area contributed by atoms with Gasteiger partial charge in [0.1, 0.15) is 5.82 Å². The number of fused-ring (bicyclic) bond motifs is 1. The van der Waals surface area contributed by atoms with Crippen LogP contribution in [-0.4, -0.2) is 83.8 Å². The summed E-state index contributed by atoms with van der Waals surface area (Å²) in [5, 5.41) is 29.0. The van der Waals surface area contributed by atoms with Crippen LogP contribution in [0.2, 0.25) is 0 Å². The van der Waals surface area contributed by atoms with Crippen LogP contribution in [0.5, 0.6) is 0 Å². The van der Waals surface area contributed by atoms with Crippen molar-refractivity contribution in [3.63, 3.8) is 0 Å². The molecule has 1 fully saturated rings. The molecule has 1 amide bonds. The summed E-state index contributed by atoms with van der Waals surface area (Å²) in [6, 6.07) is 17.9. The van der Waals surface area contributed by atoms with Gasteiger partial charge in [-0.2, -0.15) is 39.5 Å². The van der Waals surface area contributed by atoms with Crippen LogP contribution in [0.3, 0.4) is 0 Å². The van der Waals surface area contributed by atoms with E-state index in [2.05, 4.69) is 47.0 Å². The molecular weight excluding hydrogens is 751 g/mol. The van der Waals surface area contributed by atoms with E-state index in [0.717, 1.165) is 30.9 Å². The van der Waals surface area contributed by atoms with Crippen molar-refractivity contribution < 1.29 is 74.0 Å². The molecule has 3 aromatic heterocycles. The second kappa shape index (κ2) is 17.7. The SMILES string of the molecule is CC(C)(C)c1ccc(C(=O)Nc2cn3nc(N4CCCC4c4ccccn4)ccc3n2)cc1.O=C(O)C(F)(F)F.O=C(O)C(F)(F)F.O=C(O)C(F)(F)F. The number of carbonyl (C=O) groups excluding carboxylic acids is 1. The van der Waals surface area contributed by atoms with E-state index in [-0.39, 0.29) is 17.4 Å². The van der Waals surface area contributed by atoms with Crippen molar-refractivity contribution >= 4 is 41.1 Å². The van der Waals surface area contributed by atoms with Gasteiger partial charge in [-0.15, -0.1) is 5.10 Å². The van der Waals surface area contributed by atoms with Crippen LogP contribution in [0.4, 0.5) is 51.1 Å². The number of carboxylic acids is 3. The van der Waals surface area contributed by atoms with Gasteiger partial charge in [-0.25, -0.2) is 23.9 Å². The molecule has 0 aliphatic carbocycles. The number of pyridine rings is 1. The fourth-order valence-electron chi connectivity index (χ4n) is 4.32. The Labute approximate surface area is 299 Å². The lowest BCUT2D eigenvalue weighted by molar-refractivity contribution is -0.193. The van der Waals surface area contributed by atoms with Crippen molar-refractivity contribution in [1.82, 2.24) is 19.6 Å². The normalized spacial score (nSPS) is 14.4. The lowest BCUT2D eigenvalue weighted by Crippen LogP contribution is -2.24. The molecular formula is C32H31F9N6O7. The molecule has 54 heavy (non-hydrogen) atoms. The second-order valence-electron chi connectivity index (χ2n) is 11.9. The average molecular weight is 783 g/mol. The molecule has 294 valence electrons. The highest BCUT2D eigenvalue weighted by atomic mass is 19.4.